The number of ether oxygens (including phenoxy) is 1. The lowest BCUT2D eigenvalue weighted by Gasteiger charge is -2.26. The number of rotatable bonds is 6. The standard InChI is InChI=1S/C19H26N2O3S/c22-25(23,21-7-9-24-10-8-21)19-5-2-15(3-6-19)13-20-14-18-12-16-1-4-17(18)11-16/h1-6,16-18,20H,7-14H2. The Labute approximate surface area is 150 Å². The van der Waals surface area contributed by atoms with E-state index in [0.29, 0.717) is 31.2 Å². The van der Waals surface area contributed by atoms with E-state index in [0.717, 1.165) is 36.4 Å². The van der Waals surface area contributed by atoms with E-state index in [-0.39, 0.29) is 0 Å². The zero-order valence-electron chi connectivity index (χ0n) is 14.4. The maximum absolute atomic E-state index is 12.6. The second kappa shape index (κ2) is 7.19. The number of morpholine rings is 1. The molecule has 3 aliphatic rings. The van der Waals surface area contributed by atoms with Gasteiger partial charge in [-0.2, -0.15) is 4.31 Å². The molecule has 25 heavy (non-hydrogen) atoms. The van der Waals surface area contributed by atoms with Crippen molar-refractivity contribution >= 4 is 10.0 Å². The Morgan fingerprint density at radius 2 is 1.84 bits per heavy atom. The molecule has 1 aromatic carbocycles. The molecule has 1 heterocycles. The van der Waals surface area contributed by atoms with Crippen LogP contribution in [0, 0.1) is 17.8 Å². The fourth-order valence-corrected chi connectivity index (χ4v) is 5.65. The van der Waals surface area contributed by atoms with E-state index in [1.165, 1.54) is 17.1 Å². The van der Waals surface area contributed by atoms with Gasteiger partial charge in [0.25, 0.3) is 0 Å². The summed E-state index contributed by atoms with van der Waals surface area (Å²) in [4.78, 5) is 0.372. The van der Waals surface area contributed by atoms with Crippen molar-refractivity contribution in [3.63, 3.8) is 0 Å². The minimum Gasteiger partial charge on any atom is -0.379 e. The summed E-state index contributed by atoms with van der Waals surface area (Å²) >= 11 is 0. The van der Waals surface area contributed by atoms with Gasteiger partial charge in [0.1, 0.15) is 0 Å². The predicted molar refractivity (Wildman–Crippen MR) is 96.6 cm³/mol. The number of sulfonamides is 1. The number of nitrogens with zero attached hydrogens (tertiary/aromatic N) is 1. The average Bonchev–Trinajstić information content (AvgIpc) is 3.26. The van der Waals surface area contributed by atoms with E-state index in [1.54, 1.807) is 12.1 Å². The normalized spacial score (nSPS) is 29.4. The predicted octanol–water partition coefficient (Wildman–Crippen LogP) is 2.01. The van der Waals surface area contributed by atoms with Gasteiger partial charge in [0.15, 0.2) is 0 Å². The maximum Gasteiger partial charge on any atom is 0.243 e. The van der Waals surface area contributed by atoms with Crippen LogP contribution in [0.15, 0.2) is 41.3 Å². The first kappa shape index (κ1) is 17.2. The summed E-state index contributed by atoms with van der Waals surface area (Å²) in [6.45, 7) is 3.64. The highest BCUT2D eigenvalue weighted by molar-refractivity contribution is 7.89. The van der Waals surface area contributed by atoms with Crippen LogP contribution in [0.4, 0.5) is 0 Å². The van der Waals surface area contributed by atoms with Crippen LogP contribution < -0.4 is 5.32 Å². The third-order valence-electron chi connectivity index (χ3n) is 5.68. The molecule has 136 valence electrons. The summed E-state index contributed by atoms with van der Waals surface area (Å²) in [5, 5.41) is 3.54. The Balaban J connectivity index is 1.31. The highest BCUT2D eigenvalue weighted by atomic mass is 32.2. The Hall–Kier alpha value is -1.21. The van der Waals surface area contributed by atoms with Crippen molar-refractivity contribution in [2.45, 2.75) is 24.3 Å². The van der Waals surface area contributed by atoms with Gasteiger partial charge in [-0.05, 0) is 54.8 Å². The van der Waals surface area contributed by atoms with Gasteiger partial charge in [-0.25, -0.2) is 8.42 Å². The van der Waals surface area contributed by atoms with Gasteiger partial charge in [0, 0.05) is 19.6 Å². The first-order valence-corrected chi connectivity index (χ1v) is 10.6. The fraction of sp³-hybridized carbons (Fsp3) is 0.579. The van der Waals surface area contributed by atoms with Gasteiger partial charge in [-0.1, -0.05) is 24.3 Å². The van der Waals surface area contributed by atoms with Crippen molar-refractivity contribution in [1.82, 2.24) is 9.62 Å². The number of hydrogen-bond donors (Lipinski definition) is 1. The molecule has 0 radical (unpaired) electrons. The second-order valence-corrected chi connectivity index (χ2v) is 9.27. The van der Waals surface area contributed by atoms with Crippen molar-refractivity contribution in [2.24, 2.45) is 17.8 Å². The van der Waals surface area contributed by atoms with Crippen LogP contribution in [0.1, 0.15) is 18.4 Å². The van der Waals surface area contributed by atoms with Crippen molar-refractivity contribution in [3.8, 4) is 0 Å². The topological polar surface area (TPSA) is 58.6 Å². The highest BCUT2D eigenvalue weighted by Crippen LogP contribution is 2.42. The quantitative estimate of drug-likeness (QED) is 0.787. The van der Waals surface area contributed by atoms with E-state index >= 15 is 0 Å². The molecule has 1 aromatic rings. The Morgan fingerprint density at radius 3 is 2.48 bits per heavy atom. The van der Waals surface area contributed by atoms with Gasteiger partial charge >= 0.3 is 0 Å². The molecule has 3 unspecified atom stereocenters. The first-order valence-electron chi connectivity index (χ1n) is 9.19. The number of fused-ring (bicyclic) bond motifs is 2. The Kier molecular flexibility index (Phi) is 4.95. The summed E-state index contributed by atoms with van der Waals surface area (Å²) in [5.74, 6) is 2.33. The summed E-state index contributed by atoms with van der Waals surface area (Å²) < 4.78 is 32.0. The minimum absolute atomic E-state index is 0.372. The molecule has 3 atom stereocenters. The molecular formula is C19H26N2O3S. The van der Waals surface area contributed by atoms with Crippen molar-refractivity contribution in [1.29, 1.82) is 0 Å². The monoisotopic (exact) mass is 362 g/mol. The molecule has 6 heteroatoms. The van der Waals surface area contributed by atoms with Crippen molar-refractivity contribution < 1.29 is 13.2 Å². The van der Waals surface area contributed by atoms with Gasteiger partial charge < -0.3 is 10.1 Å². The van der Waals surface area contributed by atoms with Crippen LogP contribution in [0.3, 0.4) is 0 Å². The molecule has 2 aliphatic carbocycles. The van der Waals surface area contributed by atoms with E-state index < -0.39 is 10.0 Å². The maximum atomic E-state index is 12.6. The lowest BCUT2D eigenvalue weighted by molar-refractivity contribution is 0.0730. The molecular weight excluding hydrogens is 336 g/mol. The number of benzene rings is 1. The van der Waals surface area contributed by atoms with Crippen LogP contribution in [0.2, 0.25) is 0 Å². The van der Waals surface area contributed by atoms with Gasteiger partial charge in [-0.15, -0.1) is 0 Å². The van der Waals surface area contributed by atoms with Crippen molar-refractivity contribution in [3.05, 3.63) is 42.0 Å². The lowest BCUT2D eigenvalue weighted by Crippen LogP contribution is -2.40. The van der Waals surface area contributed by atoms with Crippen LogP contribution in [0.25, 0.3) is 0 Å². The fourth-order valence-electron chi connectivity index (χ4n) is 4.25. The molecule has 1 saturated heterocycles. The number of nitrogens with one attached hydrogen (secondary N) is 1. The zero-order valence-corrected chi connectivity index (χ0v) is 15.2. The Morgan fingerprint density at radius 1 is 1.08 bits per heavy atom. The Bertz CT molecular complexity index is 724. The molecule has 5 nitrogen and oxygen atoms in total. The van der Waals surface area contributed by atoms with Gasteiger partial charge in [0.05, 0.1) is 18.1 Å². The average molecular weight is 362 g/mol. The van der Waals surface area contributed by atoms with E-state index in [2.05, 4.69) is 17.5 Å². The molecule has 1 saturated carbocycles. The molecule has 2 fully saturated rings. The van der Waals surface area contributed by atoms with Crippen LogP contribution >= 0.6 is 0 Å². The molecule has 0 amide bonds. The minimum atomic E-state index is -3.39. The van der Waals surface area contributed by atoms with E-state index in [4.69, 9.17) is 4.74 Å². The van der Waals surface area contributed by atoms with E-state index in [1.807, 2.05) is 12.1 Å². The summed E-state index contributed by atoms with van der Waals surface area (Å²) in [6, 6.07) is 7.28. The van der Waals surface area contributed by atoms with Crippen LogP contribution in [-0.4, -0.2) is 45.6 Å². The summed E-state index contributed by atoms with van der Waals surface area (Å²) in [6.07, 6.45) is 7.39. The molecule has 4 rings (SSSR count). The molecule has 2 bridgehead atoms. The summed E-state index contributed by atoms with van der Waals surface area (Å²) in [7, 11) is -3.39. The third kappa shape index (κ3) is 3.67. The molecule has 0 spiro atoms. The zero-order chi connectivity index (χ0) is 17.3. The molecule has 1 N–H and O–H groups in total. The highest BCUT2D eigenvalue weighted by Gasteiger charge is 2.35. The lowest BCUT2D eigenvalue weighted by atomic mass is 9.93. The molecule has 0 aromatic heterocycles. The summed E-state index contributed by atoms with van der Waals surface area (Å²) in [5.41, 5.74) is 1.12. The molecule has 1 aliphatic heterocycles. The van der Waals surface area contributed by atoms with Crippen molar-refractivity contribution in [2.75, 3.05) is 32.8 Å². The smallest absolute Gasteiger partial charge is 0.243 e. The number of allylic oxidation sites excluding steroid dienone is 2. The largest absolute Gasteiger partial charge is 0.379 e. The number of hydrogen-bond acceptors (Lipinski definition) is 4. The first-order chi connectivity index (χ1) is 12.1. The van der Waals surface area contributed by atoms with Crippen LogP contribution in [0.5, 0.6) is 0 Å². The van der Waals surface area contributed by atoms with E-state index in [9.17, 15) is 8.42 Å². The van der Waals surface area contributed by atoms with Gasteiger partial charge in [0.2, 0.25) is 10.0 Å². The van der Waals surface area contributed by atoms with Crippen LogP contribution in [-0.2, 0) is 21.3 Å². The third-order valence-corrected chi connectivity index (χ3v) is 7.60. The SMILES string of the molecule is O=S(=O)(c1ccc(CNCC2CC3C=CC2C3)cc1)N1CCOCC1. The van der Waals surface area contributed by atoms with Gasteiger partial charge in [-0.3, -0.25) is 0 Å². The second-order valence-electron chi connectivity index (χ2n) is 7.33.